The van der Waals surface area contributed by atoms with Crippen molar-refractivity contribution in [2.24, 2.45) is 0 Å². The number of hydrogen-bond donors (Lipinski definition) is 2. The Morgan fingerprint density at radius 3 is 2.86 bits per heavy atom. The molecule has 1 atom stereocenters. The molecule has 1 aliphatic rings. The molecule has 3 aromatic rings. The number of benzene rings is 1. The van der Waals surface area contributed by atoms with Crippen molar-refractivity contribution in [2.75, 3.05) is 29.9 Å². The number of hydrogen-bond acceptors (Lipinski definition) is 4. The van der Waals surface area contributed by atoms with E-state index in [1.807, 2.05) is 42.8 Å². The summed E-state index contributed by atoms with van der Waals surface area (Å²) in [5, 5.41) is 6.65. The van der Waals surface area contributed by atoms with Crippen LogP contribution in [0.3, 0.4) is 0 Å². The van der Waals surface area contributed by atoms with Crippen LogP contribution in [0.4, 0.5) is 15.8 Å². The van der Waals surface area contributed by atoms with Gasteiger partial charge in [0.05, 0.1) is 11.4 Å². The van der Waals surface area contributed by atoms with Crippen molar-refractivity contribution in [3.63, 3.8) is 0 Å². The van der Waals surface area contributed by atoms with Gasteiger partial charge in [-0.1, -0.05) is 6.58 Å². The maximum absolute atomic E-state index is 14.8. The lowest BCUT2D eigenvalue weighted by Gasteiger charge is -2.33. The van der Waals surface area contributed by atoms with Gasteiger partial charge < -0.3 is 19.9 Å². The van der Waals surface area contributed by atoms with E-state index in [1.54, 1.807) is 12.1 Å². The van der Waals surface area contributed by atoms with Gasteiger partial charge in [0.2, 0.25) is 0 Å². The van der Waals surface area contributed by atoms with E-state index in [-0.39, 0.29) is 5.82 Å². The first kappa shape index (κ1) is 18.5. The second-order valence-electron chi connectivity index (χ2n) is 7.59. The minimum atomic E-state index is -0.266. The third-order valence-corrected chi connectivity index (χ3v) is 5.16. The first-order valence-electron chi connectivity index (χ1n) is 9.61. The van der Waals surface area contributed by atoms with E-state index in [0.717, 1.165) is 47.9 Å². The third kappa shape index (κ3) is 3.60. The van der Waals surface area contributed by atoms with Crippen LogP contribution in [0.2, 0.25) is 0 Å². The van der Waals surface area contributed by atoms with Gasteiger partial charge in [0, 0.05) is 55.0 Å². The SMILES string of the molecule is C=C(Nc1cc(C)c2nc(C)cn2c1)c1ccc(N2CCNC(C)C2)cc1F. The average molecular weight is 379 g/mol. The van der Waals surface area contributed by atoms with E-state index < -0.39 is 0 Å². The number of anilines is 2. The molecule has 6 heteroatoms. The Balaban J connectivity index is 1.55. The molecule has 1 aromatic carbocycles. The lowest BCUT2D eigenvalue weighted by Crippen LogP contribution is -2.49. The first-order chi connectivity index (χ1) is 13.4. The van der Waals surface area contributed by atoms with Gasteiger partial charge in [-0.05, 0) is 50.6 Å². The van der Waals surface area contributed by atoms with Crippen LogP contribution in [0.25, 0.3) is 11.3 Å². The van der Waals surface area contributed by atoms with E-state index >= 15 is 0 Å². The van der Waals surface area contributed by atoms with Crippen LogP contribution in [-0.2, 0) is 0 Å². The second kappa shape index (κ2) is 7.28. The number of pyridine rings is 1. The number of halogens is 1. The summed E-state index contributed by atoms with van der Waals surface area (Å²) >= 11 is 0. The van der Waals surface area contributed by atoms with Crippen molar-refractivity contribution in [1.29, 1.82) is 0 Å². The number of aryl methyl sites for hydroxylation is 2. The van der Waals surface area contributed by atoms with Gasteiger partial charge >= 0.3 is 0 Å². The van der Waals surface area contributed by atoms with E-state index in [2.05, 4.69) is 34.0 Å². The van der Waals surface area contributed by atoms with Crippen molar-refractivity contribution in [3.05, 3.63) is 65.9 Å². The Labute approximate surface area is 164 Å². The summed E-state index contributed by atoms with van der Waals surface area (Å²) in [6, 6.07) is 7.78. The van der Waals surface area contributed by atoms with E-state index in [4.69, 9.17) is 0 Å². The summed E-state index contributed by atoms with van der Waals surface area (Å²) in [5.41, 5.74) is 5.71. The lowest BCUT2D eigenvalue weighted by molar-refractivity contribution is 0.484. The van der Waals surface area contributed by atoms with Crippen molar-refractivity contribution in [2.45, 2.75) is 26.8 Å². The molecule has 1 unspecified atom stereocenters. The van der Waals surface area contributed by atoms with Crippen LogP contribution in [-0.4, -0.2) is 35.1 Å². The molecule has 0 spiro atoms. The number of nitrogens with zero attached hydrogens (tertiary/aromatic N) is 3. The Hall–Kier alpha value is -2.86. The highest BCUT2D eigenvalue weighted by Crippen LogP contribution is 2.26. The second-order valence-corrected chi connectivity index (χ2v) is 7.59. The maximum atomic E-state index is 14.8. The van der Waals surface area contributed by atoms with E-state index in [1.165, 1.54) is 0 Å². The van der Waals surface area contributed by atoms with Gasteiger partial charge in [0.1, 0.15) is 11.5 Å². The predicted molar refractivity (Wildman–Crippen MR) is 113 cm³/mol. The molecule has 1 fully saturated rings. The molecule has 1 saturated heterocycles. The maximum Gasteiger partial charge on any atom is 0.140 e. The smallest absolute Gasteiger partial charge is 0.140 e. The molecule has 0 bridgehead atoms. The quantitative estimate of drug-likeness (QED) is 0.720. The average Bonchev–Trinajstić information content (AvgIpc) is 3.02. The summed E-state index contributed by atoms with van der Waals surface area (Å²) in [6.07, 6.45) is 3.92. The Morgan fingerprint density at radius 2 is 2.11 bits per heavy atom. The monoisotopic (exact) mass is 379 g/mol. The molecule has 2 N–H and O–H groups in total. The molecule has 0 saturated carbocycles. The van der Waals surface area contributed by atoms with Crippen LogP contribution < -0.4 is 15.5 Å². The zero-order valence-electron chi connectivity index (χ0n) is 16.6. The number of piperazine rings is 1. The predicted octanol–water partition coefficient (Wildman–Crippen LogP) is 3.97. The minimum absolute atomic E-state index is 0.266. The molecule has 4 rings (SSSR count). The van der Waals surface area contributed by atoms with Crippen LogP contribution >= 0.6 is 0 Å². The normalized spacial score (nSPS) is 17.1. The Kier molecular flexibility index (Phi) is 4.81. The molecule has 146 valence electrons. The van der Waals surface area contributed by atoms with Crippen molar-refractivity contribution >= 4 is 22.7 Å². The molecule has 0 aliphatic carbocycles. The summed E-state index contributed by atoms with van der Waals surface area (Å²) in [5.74, 6) is -0.266. The fourth-order valence-electron chi connectivity index (χ4n) is 3.81. The van der Waals surface area contributed by atoms with Crippen LogP contribution in [0.1, 0.15) is 23.7 Å². The van der Waals surface area contributed by atoms with Crippen molar-refractivity contribution in [1.82, 2.24) is 14.7 Å². The molecule has 3 heterocycles. The number of imidazole rings is 1. The van der Waals surface area contributed by atoms with Crippen molar-refractivity contribution in [3.8, 4) is 0 Å². The van der Waals surface area contributed by atoms with Gasteiger partial charge in [0.15, 0.2) is 0 Å². The van der Waals surface area contributed by atoms with E-state index in [9.17, 15) is 4.39 Å². The molecule has 0 amide bonds. The standard InChI is InChI=1S/C22H26FN5/c1-14-9-18(13-28-12-16(3)25-22(14)28)26-17(4)20-6-5-19(10-21(20)23)27-8-7-24-15(2)11-27/h5-6,9-10,12-13,15,24,26H,4,7-8,11H2,1-3H3. The van der Waals surface area contributed by atoms with Crippen LogP contribution in [0, 0.1) is 19.7 Å². The first-order valence-corrected chi connectivity index (χ1v) is 9.61. The number of aromatic nitrogens is 2. The zero-order valence-corrected chi connectivity index (χ0v) is 16.6. The molecular formula is C22H26FN5. The van der Waals surface area contributed by atoms with E-state index in [0.29, 0.717) is 17.3 Å². The highest BCUT2D eigenvalue weighted by molar-refractivity contribution is 5.77. The lowest BCUT2D eigenvalue weighted by atomic mass is 10.1. The van der Waals surface area contributed by atoms with Gasteiger partial charge in [-0.25, -0.2) is 9.37 Å². The fraction of sp³-hybridized carbons (Fsp3) is 0.318. The Morgan fingerprint density at radius 1 is 1.29 bits per heavy atom. The largest absolute Gasteiger partial charge is 0.369 e. The van der Waals surface area contributed by atoms with Gasteiger partial charge in [-0.3, -0.25) is 0 Å². The molecule has 5 nitrogen and oxygen atoms in total. The third-order valence-electron chi connectivity index (χ3n) is 5.16. The minimum Gasteiger partial charge on any atom is -0.369 e. The summed E-state index contributed by atoms with van der Waals surface area (Å²) in [6.45, 7) is 12.8. The molecular weight excluding hydrogens is 353 g/mol. The highest BCUT2D eigenvalue weighted by atomic mass is 19.1. The number of fused-ring (bicyclic) bond motifs is 1. The zero-order chi connectivity index (χ0) is 19.8. The molecule has 0 radical (unpaired) electrons. The van der Waals surface area contributed by atoms with Crippen molar-refractivity contribution < 1.29 is 4.39 Å². The van der Waals surface area contributed by atoms with Gasteiger partial charge in [-0.15, -0.1) is 0 Å². The fourth-order valence-corrected chi connectivity index (χ4v) is 3.81. The summed E-state index contributed by atoms with van der Waals surface area (Å²) in [7, 11) is 0. The van der Waals surface area contributed by atoms with Crippen LogP contribution in [0.5, 0.6) is 0 Å². The molecule has 1 aliphatic heterocycles. The number of nitrogens with one attached hydrogen (secondary N) is 2. The Bertz CT molecular complexity index is 1040. The summed E-state index contributed by atoms with van der Waals surface area (Å²) < 4.78 is 16.8. The van der Waals surface area contributed by atoms with Gasteiger partial charge in [0.25, 0.3) is 0 Å². The molecule has 2 aromatic heterocycles. The summed E-state index contributed by atoms with van der Waals surface area (Å²) in [4.78, 5) is 6.72. The van der Waals surface area contributed by atoms with Crippen LogP contribution in [0.15, 0.2) is 43.2 Å². The highest BCUT2D eigenvalue weighted by Gasteiger charge is 2.17. The molecule has 28 heavy (non-hydrogen) atoms. The van der Waals surface area contributed by atoms with Gasteiger partial charge in [-0.2, -0.15) is 0 Å². The number of rotatable bonds is 4. The topological polar surface area (TPSA) is 44.6 Å².